The lowest BCUT2D eigenvalue weighted by molar-refractivity contribution is 0.0941. The van der Waals surface area contributed by atoms with Gasteiger partial charge < -0.3 is 24.1 Å². The summed E-state index contributed by atoms with van der Waals surface area (Å²) in [6.07, 6.45) is 0. The van der Waals surface area contributed by atoms with Gasteiger partial charge >= 0.3 is 0 Å². The fourth-order valence-corrected chi connectivity index (χ4v) is 4.56. The summed E-state index contributed by atoms with van der Waals surface area (Å²) in [7, 11) is 1.66. The Bertz CT molecular complexity index is 1270. The minimum absolute atomic E-state index is 0.217. The second-order valence-electron chi connectivity index (χ2n) is 8.12. The molecule has 180 valence electrons. The van der Waals surface area contributed by atoms with Gasteiger partial charge in [0.15, 0.2) is 23.0 Å². The summed E-state index contributed by atoms with van der Waals surface area (Å²) in [5.74, 6) is 2.55. The lowest BCUT2D eigenvalue weighted by Crippen LogP contribution is -2.23. The molecule has 0 spiro atoms. The zero-order valence-electron chi connectivity index (χ0n) is 19.2. The van der Waals surface area contributed by atoms with Crippen molar-refractivity contribution in [1.82, 2.24) is 15.4 Å². The van der Waals surface area contributed by atoms with Crippen LogP contribution in [0.4, 0.5) is 0 Å². The van der Waals surface area contributed by atoms with Crippen LogP contribution in [0.5, 0.6) is 17.2 Å². The van der Waals surface area contributed by atoms with Crippen molar-refractivity contribution in [2.45, 2.75) is 26.2 Å². The lowest BCUT2D eigenvalue weighted by Gasteiger charge is -2.20. The van der Waals surface area contributed by atoms with Gasteiger partial charge in [-0.15, -0.1) is 11.3 Å². The molecule has 2 aromatic carbocycles. The van der Waals surface area contributed by atoms with E-state index in [1.165, 1.54) is 4.88 Å². The number of amides is 1. The zero-order chi connectivity index (χ0) is 24.0. The highest BCUT2D eigenvalue weighted by molar-refractivity contribution is 7.09. The number of fused-ring (bicyclic) bond motifs is 1. The molecule has 0 fully saturated rings. The molecule has 1 amide bonds. The number of rotatable bonds is 10. The van der Waals surface area contributed by atoms with Gasteiger partial charge in [-0.3, -0.25) is 9.69 Å². The summed E-state index contributed by atoms with van der Waals surface area (Å²) in [6, 6.07) is 19.5. The van der Waals surface area contributed by atoms with Crippen LogP contribution in [0.25, 0.3) is 0 Å². The molecule has 0 saturated heterocycles. The number of benzene rings is 2. The SMILES string of the molecule is COc1ccc(CN(Cc2cc(C(=O)NCc3ccc4c(c3)OCO4)no2)Cc2cccs2)cc1. The third-order valence-electron chi connectivity index (χ3n) is 5.59. The third kappa shape index (κ3) is 5.82. The Labute approximate surface area is 207 Å². The molecule has 0 saturated carbocycles. The monoisotopic (exact) mass is 491 g/mol. The van der Waals surface area contributed by atoms with Crippen molar-refractivity contribution in [2.75, 3.05) is 13.9 Å². The highest BCUT2D eigenvalue weighted by atomic mass is 32.1. The molecule has 0 atom stereocenters. The molecule has 1 aliphatic heterocycles. The summed E-state index contributed by atoms with van der Waals surface area (Å²) in [5, 5.41) is 8.94. The number of hydrogen-bond donors (Lipinski definition) is 1. The first-order valence-electron chi connectivity index (χ1n) is 11.2. The molecule has 4 aromatic rings. The van der Waals surface area contributed by atoms with E-state index < -0.39 is 0 Å². The predicted molar refractivity (Wildman–Crippen MR) is 131 cm³/mol. The molecule has 1 N–H and O–H groups in total. The second-order valence-corrected chi connectivity index (χ2v) is 9.15. The highest BCUT2D eigenvalue weighted by Gasteiger charge is 2.17. The standard InChI is InChI=1S/C26H25N3O5S/c1-31-20-7-4-18(5-8-20)14-29(16-22-3-2-10-35-22)15-21-12-23(28-34-21)26(30)27-13-19-6-9-24-25(11-19)33-17-32-24/h2-12H,13-17H2,1H3,(H,27,30). The Morgan fingerprint density at radius 3 is 2.66 bits per heavy atom. The third-order valence-corrected chi connectivity index (χ3v) is 6.45. The molecule has 8 nitrogen and oxygen atoms in total. The average molecular weight is 492 g/mol. The summed E-state index contributed by atoms with van der Waals surface area (Å²) in [6.45, 7) is 2.56. The van der Waals surface area contributed by atoms with Gasteiger partial charge in [-0.2, -0.15) is 0 Å². The molecule has 0 unspecified atom stereocenters. The van der Waals surface area contributed by atoms with Crippen LogP contribution in [0.3, 0.4) is 0 Å². The van der Waals surface area contributed by atoms with Crippen LogP contribution < -0.4 is 19.5 Å². The molecule has 0 bridgehead atoms. The van der Waals surface area contributed by atoms with Gasteiger partial charge in [0.1, 0.15) is 5.75 Å². The Kier molecular flexibility index (Phi) is 6.97. The summed E-state index contributed by atoms with van der Waals surface area (Å²) >= 11 is 1.71. The van der Waals surface area contributed by atoms with Gasteiger partial charge in [0.05, 0.1) is 13.7 Å². The molecule has 0 radical (unpaired) electrons. The minimum Gasteiger partial charge on any atom is -0.497 e. The van der Waals surface area contributed by atoms with Gasteiger partial charge in [-0.05, 0) is 46.8 Å². The van der Waals surface area contributed by atoms with Gasteiger partial charge in [0.25, 0.3) is 5.91 Å². The van der Waals surface area contributed by atoms with Crippen molar-refractivity contribution in [3.8, 4) is 17.2 Å². The van der Waals surface area contributed by atoms with Crippen molar-refractivity contribution in [3.05, 3.63) is 93.5 Å². The normalized spacial score (nSPS) is 12.2. The number of methoxy groups -OCH3 is 1. The molecular weight excluding hydrogens is 466 g/mol. The van der Waals surface area contributed by atoms with Crippen LogP contribution in [-0.2, 0) is 26.2 Å². The van der Waals surface area contributed by atoms with E-state index in [0.717, 1.165) is 23.4 Å². The molecule has 0 aliphatic carbocycles. The van der Waals surface area contributed by atoms with Crippen molar-refractivity contribution in [2.24, 2.45) is 0 Å². The van der Waals surface area contributed by atoms with Gasteiger partial charge in [-0.25, -0.2) is 0 Å². The number of carbonyl (C=O) groups excluding carboxylic acids is 1. The van der Waals surface area contributed by atoms with Crippen molar-refractivity contribution >= 4 is 17.2 Å². The minimum atomic E-state index is -0.294. The maximum Gasteiger partial charge on any atom is 0.273 e. The van der Waals surface area contributed by atoms with Crippen LogP contribution in [0.15, 0.2) is 70.6 Å². The topological polar surface area (TPSA) is 86.1 Å². The average Bonchev–Trinajstić information content (AvgIpc) is 3.65. The molecule has 1 aliphatic rings. The van der Waals surface area contributed by atoms with Crippen LogP contribution in [0.1, 0.15) is 32.3 Å². The molecule has 3 heterocycles. The Morgan fingerprint density at radius 2 is 1.86 bits per heavy atom. The number of carbonyl (C=O) groups is 1. The predicted octanol–water partition coefficient (Wildman–Crippen LogP) is 4.61. The molecular formula is C26H25N3O5S. The molecule has 2 aromatic heterocycles. The van der Waals surface area contributed by atoms with E-state index in [0.29, 0.717) is 36.9 Å². The van der Waals surface area contributed by atoms with E-state index >= 15 is 0 Å². The number of hydrogen-bond acceptors (Lipinski definition) is 8. The van der Waals surface area contributed by atoms with E-state index in [1.807, 2.05) is 36.4 Å². The van der Waals surface area contributed by atoms with Crippen molar-refractivity contribution < 1.29 is 23.5 Å². The highest BCUT2D eigenvalue weighted by Crippen LogP contribution is 2.32. The maximum atomic E-state index is 12.6. The molecule has 5 rings (SSSR count). The van der Waals surface area contributed by atoms with Gasteiger partial charge in [0.2, 0.25) is 6.79 Å². The fourth-order valence-electron chi connectivity index (χ4n) is 3.82. The van der Waals surface area contributed by atoms with E-state index in [9.17, 15) is 4.79 Å². The van der Waals surface area contributed by atoms with Crippen LogP contribution in [-0.4, -0.2) is 29.9 Å². The van der Waals surface area contributed by atoms with Crippen LogP contribution in [0, 0.1) is 0 Å². The summed E-state index contributed by atoms with van der Waals surface area (Å²) in [5.41, 5.74) is 2.32. The van der Waals surface area contributed by atoms with Crippen LogP contribution in [0.2, 0.25) is 0 Å². The van der Waals surface area contributed by atoms with Gasteiger partial charge in [-0.1, -0.05) is 29.4 Å². The zero-order valence-corrected chi connectivity index (χ0v) is 20.0. The quantitative estimate of drug-likeness (QED) is 0.347. The summed E-state index contributed by atoms with van der Waals surface area (Å²) < 4.78 is 21.5. The van der Waals surface area contributed by atoms with Crippen molar-refractivity contribution in [1.29, 1.82) is 0 Å². The number of thiophene rings is 1. The number of aromatic nitrogens is 1. The first kappa shape index (κ1) is 22.9. The molecule has 9 heteroatoms. The fraction of sp³-hybridized carbons (Fsp3) is 0.231. The van der Waals surface area contributed by atoms with Crippen LogP contribution >= 0.6 is 11.3 Å². The number of nitrogens with one attached hydrogen (secondary N) is 1. The van der Waals surface area contributed by atoms with Gasteiger partial charge in [0, 0.05) is 30.6 Å². The Morgan fingerprint density at radius 1 is 1.03 bits per heavy atom. The first-order valence-corrected chi connectivity index (χ1v) is 12.0. The second kappa shape index (κ2) is 10.6. The number of ether oxygens (including phenoxy) is 3. The van der Waals surface area contributed by atoms with E-state index in [1.54, 1.807) is 24.5 Å². The van der Waals surface area contributed by atoms with E-state index in [4.69, 9.17) is 18.7 Å². The van der Waals surface area contributed by atoms with E-state index in [-0.39, 0.29) is 18.4 Å². The van der Waals surface area contributed by atoms with Crippen molar-refractivity contribution in [3.63, 3.8) is 0 Å². The first-order chi connectivity index (χ1) is 17.2. The number of nitrogens with zero attached hydrogens (tertiary/aromatic N) is 2. The Hall–Kier alpha value is -3.82. The largest absolute Gasteiger partial charge is 0.497 e. The Balaban J connectivity index is 1.22. The molecule has 35 heavy (non-hydrogen) atoms. The lowest BCUT2D eigenvalue weighted by atomic mass is 10.2. The maximum absolute atomic E-state index is 12.6. The van der Waals surface area contributed by atoms with E-state index in [2.05, 4.69) is 39.0 Å². The summed E-state index contributed by atoms with van der Waals surface area (Å²) in [4.78, 5) is 16.1. The smallest absolute Gasteiger partial charge is 0.273 e.